The van der Waals surface area contributed by atoms with Crippen LogP contribution in [0.5, 0.6) is 0 Å². The molecule has 2 aromatic heterocycles. The number of H-pyrrole nitrogens is 1. The number of benzene rings is 1. The maximum absolute atomic E-state index is 13.0. The maximum atomic E-state index is 13.0. The Labute approximate surface area is 134 Å². The van der Waals surface area contributed by atoms with Crippen LogP contribution in [-0.4, -0.2) is 28.8 Å². The Bertz CT molecular complexity index is 789. The molecular formula is C18H20N2OS. The summed E-state index contributed by atoms with van der Waals surface area (Å²) in [7, 11) is 2.01. The molecule has 0 bridgehead atoms. The van der Waals surface area contributed by atoms with Gasteiger partial charge in [0.1, 0.15) is 0 Å². The van der Waals surface area contributed by atoms with Gasteiger partial charge in [0.2, 0.25) is 0 Å². The number of nitrogens with one attached hydrogen (secondary N) is 1. The molecule has 1 atom stereocenters. The highest BCUT2D eigenvalue weighted by Gasteiger charge is 2.24. The van der Waals surface area contributed by atoms with Crippen LogP contribution in [0.4, 0.5) is 0 Å². The summed E-state index contributed by atoms with van der Waals surface area (Å²) in [6.45, 7) is 4.75. The molecule has 22 heavy (non-hydrogen) atoms. The highest BCUT2D eigenvalue weighted by atomic mass is 32.1. The number of aryl methyl sites for hydroxylation is 1. The second-order valence-electron chi connectivity index (χ2n) is 5.71. The number of thiophene rings is 1. The summed E-state index contributed by atoms with van der Waals surface area (Å²) < 4.78 is 0. The molecule has 0 amide bonds. The highest BCUT2D eigenvalue weighted by molar-refractivity contribution is 7.09. The fourth-order valence-corrected chi connectivity index (χ4v) is 3.56. The first-order chi connectivity index (χ1) is 10.6. The summed E-state index contributed by atoms with van der Waals surface area (Å²) in [6, 6.07) is 12.0. The van der Waals surface area contributed by atoms with Crippen molar-refractivity contribution >= 4 is 28.0 Å². The van der Waals surface area contributed by atoms with E-state index in [1.54, 1.807) is 11.3 Å². The normalized spacial score (nSPS) is 12.9. The van der Waals surface area contributed by atoms with Gasteiger partial charge in [-0.15, -0.1) is 11.3 Å². The Balaban J connectivity index is 1.87. The molecular weight excluding hydrogens is 292 g/mol. The molecule has 0 fully saturated rings. The zero-order chi connectivity index (χ0) is 15.7. The Hall–Kier alpha value is -1.91. The number of aromatic nitrogens is 1. The molecule has 4 heteroatoms. The third-order valence-electron chi connectivity index (χ3n) is 4.17. The zero-order valence-electron chi connectivity index (χ0n) is 13.1. The number of aromatic amines is 1. The molecule has 0 aliphatic rings. The first kappa shape index (κ1) is 15.0. The van der Waals surface area contributed by atoms with Gasteiger partial charge >= 0.3 is 0 Å². The summed E-state index contributed by atoms with van der Waals surface area (Å²) >= 11 is 1.72. The minimum Gasteiger partial charge on any atom is -0.358 e. The molecule has 3 nitrogen and oxygen atoms in total. The number of para-hydroxylation sites is 1. The van der Waals surface area contributed by atoms with Crippen LogP contribution in [0.15, 0.2) is 41.8 Å². The first-order valence-corrected chi connectivity index (χ1v) is 8.30. The quantitative estimate of drug-likeness (QED) is 0.715. The van der Waals surface area contributed by atoms with Crippen LogP contribution < -0.4 is 0 Å². The van der Waals surface area contributed by atoms with E-state index in [0.29, 0.717) is 0 Å². The number of carbonyl (C=O) groups excluding carboxylic acids is 1. The number of ketones is 1. The Morgan fingerprint density at radius 1 is 1.27 bits per heavy atom. The third-order valence-corrected chi connectivity index (χ3v) is 5.03. The molecule has 0 unspecified atom stereocenters. The predicted molar refractivity (Wildman–Crippen MR) is 92.6 cm³/mol. The monoisotopic (exact) mass is 312 g/mol. The highest BCUT2D eigenvalue weighted by Crippen LogP contribution is 2.24. The summed E-state index contributed by atoms with van der Waals surface area (Å²) in [5, 5.41) is 3.08. The minimum absolute atomic E-state index is 0.153. The van der Waals surface area contributed by atoms with Gasteiger partial charge in [-0.05, 0) is 38.4 Å². The SMILES string of the molecule is Cc1[nH]c2ccccc2c1C(=O)[C@@H](C)N(C)Cc1cccs1. The van der Waals surface area contributed by atoms with Crippen LogP contribution in [-0.2, 0) is 6.54 Å². The third kappa shape index (κ3) is 2.72. The zero-order valence-corrected chi connectivity index (χ0v) is 13.9. The van der Waals surface area contributed by atoms with Crippen molar-refractivity contribution in [3.8, 4) is 0 Å². The van der Waals surface area contributed by atoms with Crippen LogP contribution in [0.25, 0.3) is 10.9 Å². The number of Topliss-reactive ketones (excluding diaryl/α,β-unsaturated/α-hetero) is 1. The number of nitrogens with zero attached hydrogens (tertiary/aromatic N) is 1. The number of rotatable bonds is 5. The van der Waals surface area contributed by atoms with Gasteiger partial charge in [-0.3, -0.25) is 9.69 Å². The van der Waals surface area contributed by atoms with Crippen molar-refractivity contribution in [3.63, 3.8) is 0 Å². The second-order valence-corrected chi connectivity index (χ2v) is 6.74. The van der Waals surface area contributed by atoms with Crippen LogP contribution in [0.2, 0.25) is 0 Å². The number of hydrogen-bond donors (Lipinski definition) is 1. The molecule has 114 valence electrons. The van der Waals surface area contributed by atoms with Gasteiger partial charge < -0.3 is 4.98 Å². The molecule has 0 saturated carbocycles. The molecule has 0 aliphatic heterocycles. The minimum atomic E-state index is -0.153. The van der Waals surface area contributed by atoms with E-state index in [0.717, 1.165) is 28.7 Å². The van der Waals surface area contributed by atoms with Crippen molar-refractivity contribution in [2.45, 2.75) is 26.4 Å². The standard InChI is InChI=1S/C18H20N2OS/c1-12-17(15-8-4-5-9-16(15)19-12)18(21)13(2)20(3)11-14-7-6-10-22-14/h4-10,13,19H,11H2,1-3H3/t13-/m1/s1. The van der Waals surface area contributed by atoms with Gasteiger partial charge in [-0.25, -0.2) is 0 Å². The van der Waals surface area contributed by atoms with Crippen molar-refractivity contribution in [2.24, 2.45) is 0 Å². The number of likely N-dealkylation sites (N-methyl/N-ethyl adjacent to an activating group) is 1. The van der Waals surface area contributed by atoms with E-state index in [1.807, 2.05) is 51.2 Å². The molecule has 3 aromatic rings. The second kappa shape index (κ2) is 6.07. The van der Waals surface area contributed by atoms with Gasteiger partial charge in [0.15, 0.2) is 5.78 Å². The summed E-state index contributed by atoms with van der Waals surface area (Å²) in [5.41, 5.74) is 2.79. The van der Waals surface area contributed by atoms with Crippen LogP contribution in [0.3, 0.4) is 0 Å². The van der Waals surface area contributed by atoms with Crippen LogP contribution in [0.1, 0.15) is 27.9 Å². The molecule has 2 heterocycles. The lowest BCUT2D eigenvalue weighted by molar-refractivity contribution is 0.0864. The van der Waals surface area contributed by atoms with Crippen molar-refractivity contribution in [1.82, 2.24) is 9.88 Å². The predicted octanol–water partition coefficient (Wildman–Crippen LogP) is 4.24. The van der Waals surface area contributed by atoms with E-state index < -0.39 is 0 Å². The Morgan fingerprint density at radius 2 is 2.05 bits per heavy atom. The van der Waals surface area contributed by atoms with E-state index in [9.17, 15) is 4.79 Å². The largest absolute Gasteiger partial charge is 0.358 e. The number of fused-ring (bicyclic) bond motifs is 1. The lowest BCUT2D eigenvalue weighted by Crippen LogP contribution is -2.35. The number of carbonyl (C=O) groups is 1. The van der Waals surface area contributed by atoms with Gasteiger partial charge in [-0.1, -0.05) is 24.3 Å². The van der Waals surface area contributed by atoms with Crippen LogP contribution >= 0.6 is 11.3 Å². The van der Waals surface area contributed by atoms with Crippen molar-refractivity contribution < 1.29 is 4.79 Å². The average Bonchev–Trinajstić information content (AvgIpc) is 3.12. The van der Waals surface area contributed by atoms with E-state index in [4.69, 9.17) is 0 Å². The van der Waals surface area contributed by atoms with Crippen LogP contribution in [0, 0.1) is 6.92 Å². The first-order valence-electron chi connectivity index (χ1n) is 7.42. The summed E-state index contributed by atoms with van der Waals surface area (Å²) in [5.74, 6) is 0.175. The maximum Gasteiger partial charge on any atom is 0.182 e. The van der Waals surface area contributed by atoms with E-state index in [2.05, 4.69) is 21.3 Å². The Morgan fingerprint density at radius 3 is 2.77 bits per heavy atom. The Kier molecular flexibility index (Phi) is 4.14. The van der Waals surface area contributed by atoms with E-state index in [-0.39, 0.29) is 11.8 Å². The average molecular weight is 312 g/mol. The molecule has 1 N–H and O–H groups in total. The lowest BCUT2D eigenvalue weighted by Gasteiger charge is -2.23. The molecule has 0 saturated heterocycles. The summed E-state index contributed by atoms with van der Waals surface area (Å²) in [4.78, 5) is 19.6. The molecule has 3 rings (SSSR count). The molecule has 1 aromatic carbocycles. The van der Waals surface area contributed by atoms with E-state index >= 15 is 0 Å². The van der Waals surface area contributed by atoms with Crippen molar-refractivity contribution in [2.75, 3.05) is 7.05 Å². The lowest BCUT2D eigenvalue weighted by atomic mass is 10.0. The summed E-state index contributed by atoms with van der Waals surface area (Å²) in [6.07, 6.45) is 0. The van der Waals surface area contributed by atoms with Crippen molar-refractivity contribution in [3.05, 3.63) is 57.9 Å². The fraction of sp³-hybridized carbons (Fsp3) is 0.278. The van der Waals surface area contributed by atoms with Crippen molar-refractivity contribution in [1.29, 1.82) is 0 Å². The molecule has 0 spiro atoms. The molecule has 0 radical (unpaired) electrons. The molecule has 0 aliphatic carbocycles. The topological polar surface area (TPSA) is 36.1 Å². The smallest absolute Gasteiger partial charge is 0.182 e. The van der Waals surface area contributed by atoms with E-state index in [1.165, 1.54) is 4.88 Å². The fourth-order valence-electron chi connectivity index (χ4n) is 2.79. The van der Waals surface area contributed by atoms with Gasteiger partial charge in [0.25, 0.3) is 0 Å². The number of hydrogen-bond acceptors (Lipinski definition) is 3. The van der Waals surface area contributed by atoms with Gasteiger partial charge in [-0.2, -0.15) is 0 Å². The van der Waals surface area contributed by atoms with Gasteiger partial charge in [0.05, 0.1) is 6.04 Å². The van der Waals surface area contributed by atoms with Gasteiger partial charge in [0, 0.05) is 33.6 Å².